The molecule has 5 aliphatic carbocycles. The molecule has 0 amide bonds. The molecule has 4 saturated carbocycles. The molecule has 16 atom stereocenters. The van der Waals surface area contributed by atoms with Crippen LogP contribution in [0.4, 0.5) is 0 Å². The van der Waals surface area contributed by atoms with E-state index in [1.807, 2.05) is 0 Å². The fourth-order valence-corrected chi connectivity index (χ4v) is 14.0. The number of aliphatic hydroxyl groups is 4. The quantitative estimate of drug-likeness (QED) is 0.0947. The van der Waals surface area contributed by atoms with Crippen molar-refractivity contribution in [2.75, 3.05) is 26.8 Å². The zero-order valence-corrected chi connectivity index (χ0v) is 37.7. The molecule has 61 heavy (non-hydrogen) atoms. The second-order valence-corrected chi connectivity index (χ2v) is 21.6. The molecule has 16 unspecified atom stereocenters. The van der Waals surface area contributed by atoms with Crippen molar-refractivity contribution >= 4 is 11.6 Å². The van der Waals surface area contributed by atoms with Gasteiger partial charge in [-0.15, -0.1) is 0 Å². The van der Waals surface area contributed by atoms with Crippen molar-refractivity contribution in [3.05, 3.63) is 12.2 Å². The molecule has 0 aromatic rings. The largest absolute Gasteiger partial charge is 0.396 e. The number of aliphatic hydroxyl groups excluding tert-OH is 4. The third-order valence-electron chi connectivity index (χ3n) is 17.8. The minimum Gasteiger partial charge on any atom is -0.396 e. The molecule has 0 aromatic carbocycles. The first-order valence-corrected chi connectivity index (χ1v) is 25.4. The van der Waals surface area contributed by atoms with Gasteiger partial charge in [-0.3, -0.25) is 15.3 Å². The standard InChI is InChI=1S/C51H83N3O7/c1-61-47-28-39-13-16-48(59)51(20-17-34(25-49(51)60)24-36(8-5-23-55)41-26-40-12-15-43(57)30-45(40)54-32-41)21-18-35(44(39)31-46(47)58)11-14-42(56)27-37(38-19-22-53-50(52)29-38)10-9-33-6-3-2-4-7-33/h9-10,33-42,44-47,49-50,53-56,58,60H,2-8,11-17,19-20,22-32,52H2,1H3/p+2. The molecule has 10 N–H and O–H groups in total. The summed E-state index contributed by atoms with van der Waals surface area (Å²) in [5.41, 5.74) is 5.36. The highest BCUT2D eigenvalue weighted by Gasteiger charge is 2.50. The van der Waals surface area contributed by atoms with E-state index in [0.717, 1.165) is 64.5 Å². The van der Waals surface area contributed by atoms with E-state index in [1.165, 1.54) is 32.1 Å². The molecule has 10 nitrogen and oxygen atoms in total. The van der Waals surface area contributed by atoms with E-state index in [0.29, 0.717) is 118 Å². The SMILES string of the molecule is COC1CC2CCC(=O)C3(C#CC(CCC(O)CC(C=CC4CCCCC4)C4CC[NH2+]C(N)C4)C2CC1O)CCC(CC(CCCO)C1C[NH2+]C2CC(=O)CCC2C1)CC3O. The summed E-state index contributed by atoms with van der Waals surface area (Å²) in [7, 11) is 1.66. The summed E-state index contributed by atoms with van der Waals surface area (Å²) in [5.74, 6) is 11.1. The lowest BCUT2D eigenvalue weighted by Gasteiger charge is -2.43. The van der Waals surface area contributed by atoms with Gasteiger partial charge in [0.2, 0.25) is 0 Å². The summed E-state index contributed by atoms with van der Waals surface area (Å²) in [6.07, 6.45) is 24.0. The average Bonchev–Trinajstić information content (AvgIpc) is 3.31. The first kappa shape index (κ1) is 47.3. The Morgan fingerprint density at radius 1 is 0.934 bits per heavy atom. The fraction of sp³-hybridized carbons (Fsp3) is 0.882. The van der Waals surface area contributed by atoms with Crippen LogP contribution in [0.3, 0.4) is 0 Å². The van der Waals surface area contributed by atoms with Crippen molar-refractivity contribution in [1.29, 1.82) is 0 Å². The second-order valence-electron chi connectivity index (χ2n) is 21.6. The van der Waals surface area contributed by atoms with Crippen LogP contribution in [-0.4, -0.2) is 95.4 Å². The normalized spacial score (nSPS) is 40.5. The number of quaternary nitrogens is 2. The molecule has 1 spiro atoms. The van der Waals surface area contributed by atoms with Crippen LogP contribution in [0.15, 0.2) is 12.2 Å². The fourth-order valence-electron chi connectivity index (χ4n) is 14.0. The van der Waals surface area contributed by atoms with E-state index >= 15 is 0 Å². The van der Waals surface area contributed by atoms with E-state index in [4.69, 9.17) is 10.5 Å². The lowest BCUT2D eigenvalue weighted by molar-refractivity contribution is -0.712. The number of Topliss-reactive ketones (excluding diaryl/α,β-unsaturated/α-hetero) is 2. The van der Waals surface area contributed by atoms with Crippen molar-refractivity contribution in [2.45, 2.75) is 191 Å². The number of ether oxygens (including phenoxy) is 1. The Morgan fingerprint density at radius 3 is 2.52 bits per heavy atom. The van der Waals surface area contributed by atoms with Crippen molar-refractivity contribution in [1.82, 2.24) is 0 Å². The van der Waals surface area contributed by atoms with Crippen molar-refractivity contribution in [2.24, 2.45) is 70.3 Å². The van der Waals surface area contributed by atoms with Gasteiger partial charge in [0.25, 0.3) is 0 Å². The van der Waals surface area contributed by atoms with Crippen molar-refractivity contribution < 1.29 is 45.4 Å². The van der Waals surface area contributed by atoms with Gasteiger partial charge >= 0.3 is 0 Å². The van der Waals surface area contributed by atoms with Crippen LogP contribution in [0.25, 0.3) is 0 Å². The van der Waals surface area contributed by atoms with Crippen LogP contribution in [0, 0.1) is 76.4 Å². The summed E-state index contributed by atoms with van der Waals surface area (Å²) in [5, 5.41) is 49.8. The number of methoxy groups -OCH3 is 1. The smallest absolute Gasteiger partial charge is 0.153 e. The number of hydrogen-bond acceptors (Lipinski definition) is 8. The number of rotatable bonds is 15. The maximum atomic E-state index is 14.5. The van der Waals surface area contributed by atoms with Gasteiger partial charge in [0.05, 0.1) is 50.0 Å². The molecular formula is C51H85N3O7+2. The van der Waals surface area contributed by atoms with Gasteiger partial charge in [-0.25, -0.2) is 0 Å². The van der Waals surface area contributed by atoms with E-state index in [9.17, 15) is 30.0 Å². The molecule has 7 aliphatic rings. The van der Waals surface area contributed by atoms with Gasteiger partial charge in [-0.1, -0.05) is 43.3 Å². The van der Waals surface area contributed by atoms with Crippen LogP contribution in [-0.2, 0) is 14.3 Å². The van der Waals surface area contributed by atoms with Gasteiger partial charge in [0, 0.05) is 57.2 Å². The number of carbonyl (C=O) groups is 2. The zero-order chi connectivity index (χ0) is 42.9. The van der Waals surface area contributed by atoms with Gasteiger partial charge < -0.3 is 35.8 Å². The molecule has 6 fully saturated rings. The number of fused-ring (bicyclic) bond motifs is 2. The lowest BCUT2D eigenvalue weighted by atomic mass is 9.62. The van der Waals surface area contributed by atoms with E-state index in [1.54, 1.807) is 7.11 Å². The number of nitrogens with two attached hydrogens (primary N) is 3. The number of ketones is 2. The summed E-state index contributed by atoms with van der Waals surface area (Å²) in [6.45, 7) is 2.24. The first-order valence-electron chi connectivity index (χ1n) is 25.4. The Labute approximate surface area is 367 Å². The number of carbonyl (C=O) groups excluding carboxylic acids is 2. The second kappa shape index (κ2) is 22.5. The predicted molar refractivity (Wildman–Crippen MR) is 236 cm³/mol. The van der Waals surface area contributed by atoms with Gasteiger partial charge in [-0.05, 0) is 144 Å². The number of piperidine rings is 2. The Bertz CT molecular complexity index is 1510. The Hall–Kier alpha value is -1.68. The molecule has 344 valence electrons. The van der Waals surface area contributed by atoms with Crippen LogP contribution in [0.2, 0.25) is 0 Å². The van der Waals surface area contributed by atoms with Crippen molar-refractivity contribution in [3.63, 3.8) is 0 Å². The Balaban J connectivity index is 1.05. The molecule has 2 aliphatic heterocycles. The van der Waals surface area contributed by atoms with Crippen LogP contribution >= 0.6 is 0 Å². The molecular weight excluding hydrogens is 767 g/mol. The molecule has 2 saturated heterocycles. The van der Waals surface area contributed by atoms with Crippen LogP contribution in [0.5, 0.6) is 0 Å². The first-order chi connectivity index (χ1) is 29.5. The Kier molecular flexibility index (Phi) is 17.4. The van der Waals surface area contributed by atoms with E-state index in [-0.39, 0.29) is 48.3 Å². The third-order valence-corrected chi connectivity index (χ3v) is 17.8. The van der Waals surface area contributed by atoms with Gasteiger partial charge in [0.15, 0.2) is 5.78 Å². The summed E-state index contributed by atoms with van der Waals surface area (Å²) in [6, 6.07) is 0.421. The van der Waals surface area contributed by atoms with E-state index in [2.05, 4.69) is 34.6 Å². The maximum absolute atomic E-state index is 14.5. The molecule has 0 radical (unpaired) electrons. The highest BCUT2D eigenvalue weighted by atomic mass is 16.5. The summed E-state index contributed by atoms with van der Waals surface area (Å²) in [4.78, 5) is 26.6. The summed E-state index contributed by atoms with van der Waals surface area (Å²) < 4.78 is 5.76. The average molecular weight is 852 g/mol. The monoisotopic (exact) mass is 852 g/mol. The molecule has 7 rings (SSSR count). The molecule has 0 aromatic heterocycles. The third kappa shape index (κ3) is 12.2. The summed E-state index contributed by atoms with van der Waals surface area (Å²) >= 11 is 0. The van der Waals surface area contributed by atoms with Crippen LogP contribution in [0.1, 0.15) is 154 Å². The van der Waals surface area contributed by atoms with Crippen molar-refractivity contribution in [3.8, 4) is 11.8 Å². The molecule has 2 heterocycles. The topological polar surface area (TPSA) is 184 Å². The number of allylic oxidation sites excluding steroid dienone is 2. The van der Waals surface area contributed by atoms with E-state index < -0.39 is 23.7 Å². The maximum Gasteiger partial charge on any atom is 0.153 e. The molecule has 10 heteroatoms. The lowest BCUT2D eigenvalue weighted by Crippen LogP contribution is -2.95. The Morgan fingerprint density at radius 2 is 1.75 bits per heavy atom. The van der Waals surface area contributed by atoms with Crippen LogP contribution < -0.4 is 16.4 Å². The predicted octanol–water partition coefficient (Wildman–Crippen LogP) is 4.16. The minimum absolute atomic E-state index is 0.0672. The zero-order valence-electron chi connectivity index (χ0n) is 37.7. The highest BCUT2D eigenvalue weighted by molar-refractivity contribution is 5.89. The molecule has 0 bridgehead atoms. The van der Waals surface area contributed by atoms with Gasteiger partial charge in [0.1, 0.15) is 17.4 Å². The minimum atomic E-state index is -1.09. The number of hydrogen-bond donors (Lipinski definition) is 7. The van der Waals surface area contributed by atoms with Gasteiger partial charge in [-0.2, -0.15) is 0 Å². The highest BCUT2D eigenvalue weighted by Crippen LogP contribution is 2.48.